The molecule has 210 valence electrons. The van der Waals surface area contributed by atoms with Crippen molar-refractivity contribution in [2.24, 2.45) is 0 Å². The number of halogens is 2. The van der Waals surface area contributed by atoms with Crippen molar-refractivity contribution in [3.8, 4) is 28.0 Å². The quantitative estimate of drug-likeness (QED) is 0.284. The van der Waals surface area contributed by atoms with Crippen LogP contribution in [0.15, 0.2) is 49.2 Å². The number of pyridine rings is 1. The summed E-state index contributed by atoms with van der Waals surface area (Å²) in [5.74, 6) is 0.260. The van der Waals surface area contributed by atoms with Gasteiger partial charge in [-0.05, 0) is 77.0 Å². The second kappa shape index (κ2) is 11.6. The van der Waals surface area contributed by atoms with Crippen LogP contribution in [0.3, 0.4) is 0 Å². The molecular formula is C29H34ClFN8O. The lowest BCUT2D eigenvalue weighted by atomic mass is 9.98. The summed E-state index contributed by atoms with van der Waals surface area (Å²) < 4.78 is 25.7. The molecule has 2 saturated heterocycles. The molecule has 40 heavy (non-hydrogen) atoms. The Hall–Kier alpha value is -3.47. The van der Waals surface area contributed by atoms with Crippen LogP contribution in [-0.2, 0) is 0 Å². The van der Waals surface area contributed by atoms with Crippen molar-refractivity contribution < 1.29 is 9.13 Å². The van der Waals surface area contributed by atoms with E-state index in [9.17, 15) is 0 Å². The molecule has 9 nitrogen and oxygen atoms in total. The number of piperidine rings is 2. The average Bonchev–Trinajstić information content (AvgIpc) is 3.67. The monoisotopic (exact) mass is 564 g/mol. The Morgan fingerprint density at radius 2 is 1.52 bits per heavy atom. The topological polar surface area (TPSA) is 108 Å². The second-order valence-corrected chi connectivity index (χ2v) is 11.0. The van der Waals surface area contributed by atoms with E-state index in [2.05, 4.69) is 25.8 Å². The second-order valence-electron chi connectivity index (χ2n) is 10.6. The van der Waals surface area contributed by atoms with Crippen LogP contribution in [0.4, 0.5) is 10.2 Å². The highest BCUT2D eigenvalue weighted by Gasteiger charge is 2.25. The third-order valence-corrected chi connectivity index (χ3v) is 8.25. The number of aromatic nitrogens is 5. The Morgan fingerprint density at radius 3 is 2.17 bits per heavy atom. The maximum absolute atomic E-state index is 15.4. The van der Waals surface area contributed by atoms with Gasteiger partial charge in [-0.25, -0.2) is 9.37 Å². The van der Waals surface area contributed by atoms with Crippen molar-refractivity contribution in [1.29, 1.82) is 0 Å². The van der Waals surface area contributed by atoms with Gasteiger partial charge in [-0.2, -0.15) is 10.2 Å². The van der Waals surface area contributed by atoms with Crippen LogP contribution in [0.5, 0.6) is 5.75 Å². The number of nitrogens with zero attached hydrogens (tertiary/aromatic N) is 5. The summed E-state index contributed by atoms with van der Waals surface area (Å²) >= 11 is 6.67. The zero-order valence-electron chi connectivity index (χ0n) is 22.5. The minimum atomic E-state index is -0.614. The van der Waals surface area contributed by atoms with E-state index in [0.29, 0.717) is 33.5 Å². The minimum absolute atomic E-state index is 0.245. The number of nitrogens with two attached hydrogens (primary N) is 1. The highest BCUT2D eigenvalue weighted by molar-refractivity contribution is 6.31. The van der Waals surface area contributed by atoms with Gasteiger partial charge in [0.1, 0.15) is 11.9 Å². The maximum Gasteiger partial charge on any atom is 0.166 e. The summed E-state index contributed by atoms with van der Waals surface area (Å²) in [6.45, 7) is 5.69. The molecule has 1 atom stereocenters. The first-order chi connectivity index (χ1) is 19.5. The summed E-state index contributed by atoms with van der Waals surface area (Å²) in [6, 6.07) is 5.44. The van der Waals surface area contributed by atoms with Crippen LogP contribution >= 0.6 is 11.6 Å². The molecule has 2 aliphatic heterocycles. The van der Waals surface area contributed by atoms with Gasteiger partial charge in [-0.15, -0.1) is 0 Å². The lowest BCUT2D eigenvalue weighted by Crippen LogP contribution is -2.29. The highest BCUT2D eigenvalue weighted by atomic mass is 35.5. The average molecular weight is 565 g/mol. The number of hydrogen-bond donors (Lipinski definition) is 3. The van der Waals surface area contributed by atoms with E-state index in [1.165, 1.54) is 6.07 Å². The van der Waals surface area contributed by atoms with E-state index in [4.69, 9.17) is 22.1 Å². The number of benzene rings is 1. The zero-order valence-corrected chi connectivity index (χ0v) is 23.2. The summed E-state index contributed by atoms with van der Waals surface area (Å²) in [4.78, 5) is 4.38. The molecule has 1 aromatic carbocycles. The highest BCUT2D eigenvalue weighted by Crippen LogP contribution is 2.39. The SMILES string of the molecule is C[C@@H](Oc1cc(-c2cnn(C3CCNCC3)c2)cnc1N)c1c(Cl)ccc(F)c1-c1cnn(C2CCNCC2)c1. The predicted molar refractivity (Wildman–Crippen MR) is 154 cm³/mol. The Balaban J connectivity index is 1.27. The fraction of sp³-hybridized carbons (Fsp3) is 0.414. The lowest BCUT2D eigenvalue weighted by molar-refractivity contribution is 0.228. The molecule has 6 rings (SSSR count). The molecule has 0 bridgehead atoms. The van der Waals surface area contributed by atoms with Crippen LogP contribution < -0.4 is 21.1 Å². The largest absolute Gasteiger partial charge is 0.482 e. The number of nitrogens with one attached hydrogen (secondary N) is 2. The van der Waals surface area contributed by atoms with Crippen molar-refractivity contribution >= 4 is 17.4 Å². The van der Waals surface area contributed by atoms with E-state index >= 15 is 4.39 Å². The van der Waals surface area contributed by atoms with E-state index in [1.807, 2.05) is 40.9 Å². The van der Waals surface area contributed by atoms with Gasteiger partial charge in [0.05, 0.1) is 24.5 Å². The fourth-order valence-corrected chi connectivity index (χ4v) is 6.02. The van der Waals surface area contributed by atoms with Crippen LogP contribution in [0.25, 0.3) is 22.3 Å². The van der Waals surface area contributed by atoms with Gasteiger partial charge in [-0.1, -0.05) is 11.6 Å². The maximum atomic E-state index is 15.4. The minimum Gasteiger partial charge on any atom is -0.482 e. The number of ether oxygens (including phenoxy) is 1. The molecule has 0 unspecified atom stereocenters. The molecule has 11 heteroatoms. The number of hydrogen-bond acceptors (Lipinski definition) is 7. The van der Waals surface area contributed by atoms with E-state index in [0.717, 1.165) is 63.0 Å². The van der Waals surface area contributed by atoms with Crippen LogP contribution in [0, 0.1) is 5.82 Å². The predicted octanol–water partition coefficient (Wildman–Crippen LogP) is 5.17. The molecule has 0 amide bonds. The van der Waals surface area contributed by atoms with Crippen molar-refractivity contribution in [2.45, 2.75) is 50.8 Å². The molecule has 5 heterocycles. The molecule has 4 aromatic rings. The van der Waals surface area contributed by atoms with Gasteiger partial charge in [0.25, 0.3) is 0 Å². The summed E-state index contributed by atoms with van der Waals surface area (Å²) in [7, 11) is 0. The smallest absolute Gasteiger partial charge is 0.166 e. The molecule has 4 N–H and O–H groups in total. The van der Waals surface area contributed by atoms with Crippen molar-refractivity contribution in [3.05, 3.63) is 65.6 Å². The Labute approximate surface area is 237 Å². The number of nitrogen functional groups attached to an aromatic ring is 1. The standard InChI is InChI=1S/C29H34ClFN8O/c1-18(27-24(30)2-3-25(31)28(27)21-15-37-39(17-21)23-6-10-34-11-7-23)40-26-12-19(13-35-29(26)32)20-14-36-38(16-20)22-4-8-33-9-5-22/h2-3,12-18,22-23,33-34H,4-11H2,1H3,(H2,32,35)/t18-/m1/s1. The van der Waals surface area contributed by atoms with Crippen LogP contribution in [-0.4, -0.2) is 50.7 Å². The van der Waals surface area contributed by atoms with Gasteiger partial charge in [-0.3, -0.25) is 9.36 Å². The Morgan fingerprint density at radius 1 is 0.925 bits per heavy atom. The first kappa shape index (κ1) is 26.7. The van der Waals surface area contributed by atoms with Crippen LogP contribution in [0.1, 0.15) is 56.4 Å². The van der Waals surface area contributed by atoms with E-state index < -0.39 is 6.10 Å². The molecule has 3 aromatic heterocycles. The molecule has 0 spiro atoms. The van der Waals surface area contributed by atoms with Crippen molar-refractivity contribution in [2.75, 3.05) is 31.9 Å². The molecule has 2 aliphatic rings. The van der Waals surface area contributed by atoms with Gasteiger partial charge < -0.3 is 21.1 Å². The van der Waals surface area contributed by atoms with Gasteiger partial charge >= 0.3 is 0 Å². The van der Waals surface area contributed by atoms with Gasteiger partial charge in [0, 0.05) is 51.4 Å². The first-order valence-electron chi connectivity index (χ1n) is 13.9. The first-order valence-corrected chi connectivity index (χ1v) is 14.3. The van der Waals surface area contributed by atoms with Crippen molar-refractivity contribution in [1.82, 2.24) is 35.2 Å². The third kappa shape index (κ3) is 5.43. The molecule has 2 fully saturated rings. The summed E-state index contributed by atoms with van der Waals surface area (Å²) in [5, 5.41) is 16.3. The number of rotatable bonds is 7. The summed E-state index contributed by atoms with van der Waals surface area (Å²) in [5.41, 5.74) is 9.58. The molecule has 0 aliphatic carbocycles. The lowest BCUT2D eigenvalue weighted by Gasteiger charge is -2.23. The summed E-state index contributed by atoms with van der Waals surface area (Å²) in [6.07, 6.45) is 12.6. The van der Waals surface area contributed by atoms with Crippen molar-refractivity contribution in [3.63, 3.8) is 0 Å². The Kier molecular flexibility index (Phi) is 7.73. The van der Waals surface area contributed by atoms with E-state index in [-0.39, 0.29) is 17.7 Å². The van der Waals surface area contributed by atoms with Gasteiger partial charge in [0.2, 0.25) is 0 Å². The Bertz CT molecular complexity index is 1470. The third-order valence-electron chi connectivity index (χ3n) is 7.92. The molecule has 0 radical (unpaired) electrons. The van der Waals surface area contributed by atoms with E-state index in [1.54, 1.807) is 18.5 Å². The normalized spacial score (nSPS) is 17.7. The fourth-order valence-electron chi connectivity index (χ4n) is 5.71. The number of anilines is 1. The van der Waals surface area contributed by atoms with Crippen LogP contribution in [0.2, 0.25) is 5.02 Å². The van der Waals surface area contributed by atoms with Gasteiger partial charge in [0.15, 0.2) is 11.6 Å². The zero-order chi connectivity index (χ0) is 27.6. The molecular weight excluding hydrogens is 531 g/mol. The molecule has 0 saturated carbocycles.